The van der Waals surface area contributed by atoms with Gasteiger partial charge in [0.2, 0.25) is 0 Å². The summed E-state index contributed by atoms with van der Waals surface area (Å²) < 4.78 is 0. The van der Waals surface area contributed by atoms with Crippen LogP contribution in [0.1, 0.15) is 36.7 Å². The molecule has 0 saturated heterocycles. The van der Waals surface area contributed by atoms with Crippen LogP contribution in [0.25, 0.3) is 31.6 Å². The van der Waals surface area contributed by atoms with E-state index < -0.39 is 0 Å². The third kappa shape index (κ3) is 3.73. The number of aryl methyl sites for hydroxylation is 1. The van der Waals surface area contributed by atoms with Gasteiger partial charge in [-0.25, -0.2) is 15.0 Å². The van der Waals surface area contributed by atoms with Gasteiger partial charge in [0, 0.05) is 57.2 Å². The zero-order valence-electron chi connectivity index (χ0n) is 18.2. The quantitative estimate of drug-likeness (QED) is 0.261. The standard InChI is InChI=1S/C25H21N7S/c1-3-4-19(27)24-29-12-16(13-30-24)22-9-18-23(15(10-26)11-31-25(18)33-22)32-20-5-6-21-17(14(20)2)7-8-28-21/h5-9,11-13,27-28H,3-4H2,1-2H3,(H,31,32). The SMILES string of the molecule is CCCC(=N)c1ncc(-c2cc3c(Nc4ccc5[nH]ccc5c4C)c(C#N)cnc3s2)cn1. The van der Waals surface area contributed by atoms with Gasteiger partial charge in [0.05, 0.1) is 17.0 Å². The first-order chi connectivity index (χ1) is 16.1. The number of pyridine rings is 1. The number of H-pyrrole nitrogens is 1. The highest BCUT2D eigenvalue weighted by Gasteiger charge is 2.16. The smallest absolute Gasteiger partial charge is 0.173 e. The summed E-state index contributed by atoms with van der Waals surface area (Å²) in [6, 6.07) is 10.4. The molecule has 0 bridgehead atoms. The zero-order chi connectivity index (χ0) is 22.9. The number of hydrogen-bond donors (Lipinski definition) is 3. The third-order valence-electron chi connectivity index (χ3n) is 5.65. The fourth-order valence-corrected chi connectivity index (χ4v) is 4.86. The highest BCUT2D eigenvalue weighted by molar-refractivity contribution is 7.21. The Morgan fingerprint density at radius 2 is 1.97 bits per heavy atom. The Morgan fingerprint density at radius 3 is 2.73 bits per heavy atom. The van der Waals surface area contributed by atoms with Crippen molar-refractivity contribution >= 4 is 49.5 Å². The van der Waals surface area contributed by atoms with E-state index in [-0.39, 0.29) is 0 Å². The van der Waals surface area contributed by atoms with Gasteiger partial charge in [-0.05, 0) is 43.2 Å². The molecule has 8 heteroatoms. The zero-order valence-corrected chi connectivity index (χ0v) is 19.0. The molecule has 7 nitrogen and oxygen atoms in total. The van der Waals surface area contributed by atoms with Crippen molar-refractivity contribution < 1.29 is 0 Å². The van der Waals surface area contributed by atoms with E-state index in [9.17, 15) is 5.26 Å². The van der Waals surface area contributed by atoms with Crippen LogP contribution >= 0.6 is 11.3 Å². The number of fused-ring (bicyclic) bond motifs is 2. The molecule has 0 fully saturated rings. The lowest BCUT2D eigenvalue weighted by atomic mass is 10.1. The van der Waals surface area contributed by atoms with Crippen LogP contribution in [0.2, 0.25) is 0 Å². The molecule has 0 aliphatic rings. The molecule has 3 N–H and O–H groups in total. The number of nitrogens with one attached hydrogen (secondary N) is 3. The Labute approximate surface area is 194 Å². The monoisotopic (exact) mass is 451 g/mol. The highest BCUT2D eigenvalue weighted by atomic mass is 32.1. The van der Waals surface area contributed by atoms with Gasteiger partial charge in [-0.15, -0.1) is 11.3 Å². The molecule has 4 heterocycles. The first kappa shape index (κ1) is 20.8. The van der Waals surface area contributed by atoms with Crippen LogP contribution in [0.4, 0.5) is 11.4 Å². The molecule has 5 rings (SSSR count). The summed E-state index contributed by atoms with van der Waals surface area (Å²) >= 11 is 1.53. The number of nitrogens with zero attached hydrogens (tertiary/aromatic N) is 4. The second-order valence-corrected chi connectivity index (χ2v) is 8.84. The summed E-state index contributed by atoms with van der Waals surface area (Å²) in [5.74, 6) is 0.463. The van der Waals surface area contributed by atoms with Crippen molar-refractivity contribution in [1.29, 1.82) is 10.7 Å². The third-order valence-corrected chi connectivity index (χ3v) is 6.74. The number of thiophene rings is 1. The average molecular weight is 452 g/mol. The van der Waals surface area contributed by atoms with Crippen LogP contribution in [0.3, 0.4) is 0 Å². The van der Waals surface area contributed by atoms with Crippen molar-refractivity contribution in [1.82, 2.24) is 19.9 Å². The lowest BCUT2D eigenvalue weighted by Crippen LogP contribution is -2.04. The molecular weight excluding hydrogens is 430 g/mol. The largest absolute Gasteiger partial charge is 0.361 e. The first-order valence-corrected chi connectivity index (χ1v) is 11.5. The van der Waals surface area contributed by atoms with Crippen LogP contribution < -0.4 is 5.32 Å². The second kappa shape index (κ2) is 8.45. The second-order valence-electron chi connectivity index (χ2n) is 7.81. The van der Waals surface area contributed by atoms with Gasteiger partial charge in [0.1, 0.15) is 10.9 Å². The predicted molar refractivity (Wildman–Crippen MR) is 133 cm³/mol. The van der Waals surface area contributed by atoms with Crippen molar-refractivity contribution in [3.05, 3.63) is 66.0 Å². The molecule has 0 unspecified atom stereocenters. The summed E-state index contributed by atoms with van der Waals surface area (Å²) in [4.78, 5) is 18.3. The Bertz CT molecular complexity index is 1540. The Hall–Kier alpha value is -4.09. The van der Waals surface area contributed by atoms with E-state index in [1.165, 1.54) is 11.3 Å². The van der Waals surface area contributed by atoms with Crippen molar-refractivity contribution in [2.24, 2.45) is 0 Å². The molecular formula is C25H21N7S. The van der Waals surface area contributed by atoms with Crippen molar-refractivity contribution in [3.8, 4) is 16.5 Å². The summed E-state index contributed by atoms with van der Waals surface area (Å²) in [5, 5.41) is 23.3. The summed E-state index contributed by atoms with van der Waals surface area (Å²) in [7, 11) is 0. The van der Waals surface area contributed by atoms with Gasteiger partial charge in [-0.1, -0.05) is 13.3 Å². The van der Waals surface area contributed by atoms with Gasteiger partial charge < -0.3 is 15.7 Å². The molecule has 0 atom stereocenters. The normalized spacial score (nSPS) is 11.1. The van der Waals surface area contributed by atoms with Gasteiger partial charge in [-0.2, -0.15) is 5.26 Å². The minimum absolute atomic E-state index is 0.446. The lowest BCUT2D eigenvalue weighted by molar-refractivity contribution is 0.966. The molecule has 0 spiro atoms. The molecule has 162 valence electrons. The van der Waals surface area contributed by atoms with Gasteiger partial charge in [0.25, 0.3) is 0 Å². The molecule has 0 saturated carbocycles. The van der Waals surface area contributed by atoms with Crippen LogP contribution in [0.5, 0.6) is 0 Å². The van der Waals surface area contributed by atoms with Gasteiger partial charge in [0.15, 0.2) is 5.82 Å². The maximum atomic E-state index is 9.74. The number of anilines is 2. The van der Waals surface area contributed by atoms with Gasteiger partial charge in [-0.3, -0.25) is 0 Å². The molecule has 0 amide bonds. The minimum Gasteiger partial charge on any atom is -0.361 e. The molecule has 1 aromatic carbocycles. The van der Waals surface area contributed by atoms with Crippen LogP contribution in [-0.2, 0) is 0 Å². The minimum atomic E-state index is 0.446. The maximum Gasteiger partial charge on any atom is 0.173 e. The van der Waals surface area contributed by atoms with E-state index >= 15 is 0 Å². The number of aromatic nitrogens is 4. The van der Waals surface area contributed by atoms with E-state index in [2.05, 4.69) is 44.3 Å². The number of benzene rings is 1. The highest BCUT2D eigenvalue weighted by Crippen LogP contribution is 2.39. The molecule has 4 aromatic heterocycles. The summed E-state index contributed by atoms with van der Waals surface area (Å²) in [5.41, 5.74) is 5.66. The van der Waals surface area contributed by atoms with Crippen LogP contribution in [0.15, 0.2) is 49.1 Å². The molecule has 0 aliphatic carbocycles. The number of nitriles is 1. The molecule has 33 heavy (non-hydrogen) atoms. The van der Waals surface area contributed by atoms with Crippen molar-refractivity contribution in [2.45, 2.75) is 26.7 Å². The number of hydrogen-bond acceptors (Lipinski definition) is 7. The van der Waals surface area contributed by atoms with Crippen LogP contribution in [0, 0.1) is 23.7 Å². The Balaban J connectivity index is 1.56. The summed E-state index contributed by atoms with van der Waals surface area (Å²) in [6.45, 7) is 4.10. The lowest BCUT2D eigenvalue weighted by Gasteiger charge is -2.12. The average Bonchev–Trinajstić information content (AvgIpc) is 3.49. The fraction of sp³-hybridized carbons (Fsp3) is 0.160. The summed E-state index contributed by atoms with van der Waals surface area (Å²) in [6.07, 6.45) is 8.58. The Kier molecular flexibility index (Phi) is 5.32. The first-order valence-electron chi connectivity index (χ1n) is 10.7. The maximum absolute atomic E-state index is 9.74. The molecule has 0 radical (unpaired) electrons. The van der Waals surface area contributed by atoms with Crippen molar-refractivity contribution in [2.75, 3.05) is 5.32 Å². The van der Waals surface area contributed by atoms with Crippen molar-refractivity contribution in [3.63, 3.8) is 0 Å². The van der Waals surface area contributed by atoms with Gasteiger partial charge >= 0.3 is 0 Å². The Morgan fingerprint density at radius 1 is 1.15 bits per heavy atom. The van der Waals surface area contributed by atoms with E-state index in [0.29, 0.717) is 23.5 Å². The van der Waals surface area contributed by atoms with E-state index in [1.54, 1.807) is 18.6 Å². The van der Waals surface area contributed by atoms with E-state index in [4.69, 9.17) is 5.41 Å². The van der Waals surface area contributed by atoms with E-state index in [1.807, 2.05) is 31.3 Å². The molecule has 5 aromatic rings. The number of rotatable bonds is 6. The topological polar surface area (TPSA) is 114 Å². The van der Waals surface area contributed by atoms with E-state index in [0.717, 1.165) is 54.9 Å². The van der Waals surface area contributed by atoms with Crippen LogP contribution in [-0.4, -0.2) is 25.6 Å². The number of aromatic amines is 1. The molecule has 0 aliphatic heterocycles. The predicted octanol–water partition coefficient (Wildman–Crippen LogP) is 6.33. The fourth-order valence-electron chi connectivity index (χ4n) is 3.88.